The summed E-state index contributed by atoms with van der Waals surface area (Å²) in [5.74, 6) is -0.00278. The number of halogens is 1. The van der Waals surface area contributed by atoms with Crippen LogP contribution in [0.4, 0.5) is 0 Å². The van der Waals surface area contributed by atoms with E-state index in [0.717, 1.165) is 12.8 Å². The Morgan fingerprint density at radius 3 is 2.83 bits per heavy atom. The maximum Gasteiger partial charge on any atom is 0.223 e. The third kappa shape index (κ3) is 5.19. The molecule has 0 spiro atoms. The lowest BCUT2D eigenvalue weighted by Gasteiger charge is -2.32. The molecule has 1 aliphatic rings. The highest BCUT2D eigenvalue weighted by Crippen LogP contribution is 2.23. The molecule has 1 aromatic carbocycles. The average molecular weight is 374 g/mol. The second-order valence-corrected chi connectivity index (χ2v) is 8.49. The van der Waals surface area contributed by atoms with E-state index in [4.69, 9.17) is 16.3 Å². The standard InChI is InChI=1S/C17H24ClNO4S/c1-2-23-13-14-6-5-10-19(12-14)17(20)9-11-24(21,22)16-8-4-3-7-15(16)18/h3-4,7-8,14H,2,5-6,9-13H2,1H3. The van der Waals surface area contributed by atoms with Crippen molar-refractivity contribution in [1.29, 1.82) is 0 Å². The van der Waals surface area contributed by atoms with Crippen molar-refractivity contribution in [2.45, 2.75) is 31.1 Å². The SMILES string of the molecule is CCOCC1CCCN(C(=O)CCS(=O)(=O)c2ccccc2Cl)C1. The first kappa shape index (κ1) is 19.2. The molecule has 0 bridgehead atoms. The molecule has 1 saturated heterocycles. The fourth-order valence-electron chi connectivity index (χ4n) is 2.90. The minimum absolute atomic E-state index is 0.0189. The third-order valence-electron chi connectivity index (χ3n) is 4.19. The Labute approximate surface area is 148 Å². The molecule has 7 heteroatoms. The fourth-order valence-corrected chi connectivity index (χ4v) is 4.70. The summed E-state index contributed by atoms with van der Waals surface area (Å²) in [6, 6.07) is 6.32. The van der Waals surface area contributed by atoms with Crippen LogP contribution in [-0.4, -0.2) is 51.3 Å². The Balaban J connectivity index is 1.91. The summed E-state index contributed by atoms with van der Waals surface area (Å²) >= 11 is 5.95. The zero-order valence-corrected chi connectivity index (χ0v) is 15.5. The number of carbonyl (C=O) groups is 1. The summed E-state index contributed by atoms with van der Waals surface area (Å²) in [5.41, 5.74) is 0. The Hall–Kier alpha value is -1.11. The van der Waals surface area contributed by atoms with Crippen molar-refractivity contribution < 1.29 is 17.9 Å². The van der Waals surface area contributed by atoms with Crippen molar-refractivity contribution in [1.82, 2.24) is 4.90 Å². The van der Waals surface area contributed by atoms with Crippen LogP contribution in [-0.2, 0) is 19.4 Å². The largest absolute Gasteiger partial charge is 0.381 e. The number of piperidine rings is 1. The number of nitrogens with zero attached hydrogens (tertiary/aromatic N) is 1. The lowest BCUT2D eigenvalue weighted by molar-refractivity contribution is -0.133. The van der Waals surface area contributed by atoms with Crippen LogP contribution in [0.5, 0.6) is 0 Å². The number of benzene rings is 1. The maximum absolute atomic E-state index is 12.4. The van der Waals surface area contributed by atoms with E-state index in [-0.39, 0.29) is 28.0 Å². The molecule has 0 aliphatic carbocycles. The van der Waals surface area contributed by atoms with Crippen molar-refractivity contribution in [3.05, 3.63) is 29.3 Å². The quantitative estimate of drug-likeness (QED) is 0.737. The highest BCUT2D eigenvalue weighted by atomic mass is 35.5. The van der Waals surface area contributed by atoms with Gasteiger partial charge in [-0.1, -0.05) is 23.7 Å². The summed E-state index contributed by atoms with van der Waals surface area (Å²) in [6.45, 7) is 4.60. The van der Waals surface area contributed by atoms with E-state index in [9.17, 15) is 13.2 Å². The van der Waals surface area contributed by atoms with Gasteiger partial charge in [0.25, 0.3) is 0 Å². The van der Waals surface area contributed by atoms with Crippen LogP contribution < -0.4 is 0 Å². The summed E-state index contributed by atoms with van der Waals surface area (Å²) in [7, 11) is -3.56. The van der Waals surface area contributed by atoms with Gasteiger partial charge in [-0.15, -0.1) is 0 Å². The molecule has 1 aliphatic heterocycles. The molecular formula is C17H24ClNO4S. The second-order valence-electron chi connectivity index (χ2n) is 6.01. The predicted molar refractivity (Wildman–Crippen MR) is 93.9 cm³/mol. The van der Waals surface area contributed by atoms with Crippen molar-refractivity contribution >= 4 is 27.3 Å². The second kappa shape index (κ2) is 8.83. The molecule has 0 radical (unpaired) electrons. The van der Waals surface area contributed by atoms with Gasteiger partial charge in [0, 0.05) is 26.1 Å². The maximum atomic E-state index is 12.4. The van der Waals surface area contributed by atoms with Crippen molar-refractivity contribution in [2.24, 2.45) is 5.92 Å². The predicted octanol–water partition coefficient (Wildman–Crippen LogP) is 2.78. The lowest BCUT2D eigenvalue weighted by Crippen LogP contribution is -2.41. The van der Waals surface area contributed by atoms with Crippen molar-refractivity contribution in [2.75, 3.05) is 32.1 Å². The Morgan fingerprint density at radius 1 is 1.38 bits per heavy atom. The highest BCUT2D eigenvalue weighted by molar-refractivity contribution is 7.91. The molecule has 2 rings (SSSR count). The first-order chi connectivity index (χ1) is 11.4. The van der Waals surface area contributed by atoms with E-state index in [1.54, 1.807) is 23.1 Å². The van der Waals surface area contributed by atoms with Gasteiger partial charge < -0.3 is 9.64 Å². The number of likely N-dealkylation sites (tertiary alicyclic amines) is 1. The number of amides is 1. The van der Waals surface area contributed by atoms with Crippen molar-refractivity contribution in [3.8, 4) is 0 Å². The van der Waals surface area contributed by atoms with Gasteiger partial charge in [-0.3, -0.25) is 4.79 Å². The Morgan fingerprint density at radius 2 is 2.12 bits per heavy atom. The van der Waals surface area contributed by atoms with E-state index in [1.165, 1.54) is 6.07 Å². The fraction of sp³-hybridized carbons (Fsp3) is 0.588. The normalized spacial score (nSPS) is 18.6. The summed E-state index contributed by atoms with van der Waals surface area (Å²) < 4.78 is 30.2. The smallest absolute Gasteiger partial charge is 0.223 e. The molecule has 1 fully saturated rings. The Bertz CT molecular complexity index is 662. The van der Waals surface area contributed by atoms with Crippen LogP contribution in [0.3, 0.4) is 0 Å². The van der Waals surface area contributed by atoms with Gasteiger partial charge in [-0.2, -0.15) is 0 Å². The monoisotopic (exact) mass is 373 g/mol. The highest BCUT2D eigenvalue weighted by Gasteiger charge is 2.26. The zero-order valence-electron chi connectivity index (χ0n) is 13.9. The number of carbonyl (C=O) groups excluding carboxylic acids is 1. The average Bonchev–Trinajstić information content (AvgIpc) is 2.58. The lowest BCUT2D eigenvalue weighted by atomic mass is 9.99. The van der Waals surface area contributed by atoms with Gasteiger partial charge >= 0.3 is 0 Å². The van der Waals surface area contributed by atoms with E-state index < -0.39 is 9.84 Å². The summed E-state index contributed by atoms with van der Waals surface area (Å²) in [5, 5.41) is 0.194. The van der Waals surface area contributed by atoms with Crippen LogP contribution in [0.2, 0.25) is 5.02 Å². The van der Waals surface area contributed by atoms with Crippen LogP contribution in [0.25, 0.3) is 0 Å². The minimum atomic E-state index is -3.56. The van der Waals surface area contributed by atoms with Crippen LogP contribution in [0.1, 0.15) is 26.2 Å². The third-order valence-corrected chi connectivity index (χ3v) is 6.40. The van der Waals surface area contributed by atoms with Crippen LogP contribution in [0, 0.1) is 5.92 Å². The number of ether oxygens (including phenoxy) is 1. The first-order valence-corrected chi connectivity index (χ1v) is 10.3. The minimum Gasteiger partial charge on any atom is -0.381 e. The van der Waals surface area contributed by atoms with E-state index in [1.807, 2.05) is 6.92 Å². The molecule has 0 N–H and O–H groups in total. The molecule has 1 heterocycles. The molecular weight excluding hydrogens is 350 g/mol. The number of rotatable bonds is 7. The number of hydrogen-bond acceptors (Lipinski definition) is 4. The molecule has 1 atom stereocenters. The summed E-state index contributed by atoms with van der Waals surface area (Å²) in [4.78, 5) is 14.2. The first-order valence-electron chi connectivity index (χ1n) is 8.27. The summed E-state index contributed by atoms with van der Waals surface area (Å²) in [6.07, 6.45) is 1.96. The van der Waals surface area contributed by atoms with Gasteiger partial charge in [0.15, 0.2) is 9.84 Å². The van der Waals surface area contributed by atoms with Gasteiger partial charge in [0.05, 0.1) is 22.3 Å². The van der Waals surface area contributed by atoms with Crippen molar-refractivity contribution in [3.63, 3.8) is 0 Å². The van der Waals surface area contributed by atoms with Gasteiger partial charge in [-0.05, 0) is 37.8 Å². The molecule has 0 saturated carbocycles. The molecule has 0 aromatic heterocycles. The number of hydrogen-bond donors (Lipinski definition) is 0. The van der Waals surface area contributed by atoms with E-state index in [0.29, 0.717) is 32.2 Å². The molecule has 5 nitrogen and oxygen atoms in total. The van der Waals surface area contributed by atoms with E-state index in [2.05, 4.69) is 0 Å². The molecule has 134 valence electrons. The Kier molecular flexibility index (Phi) is 7.07. The topological polar surface area (TPSA) is 63.7 Å². The van der Waals surface area contributed by atoms with Crippen LogP contribution >= 0.6 is 11.6 Å². The molecule has 1 unspecified atom stereocenters. The molecule has 1 aromatic rings. The zero-order chi connectivity index (χ0) is 17.6. The molecule has 24 heavy (non-hydrogen) atoms. The van der Waals surface area contributed by atoms with Gasteiger partial charge in [0.2, 0.25) is 5.91 Å². The molecule has 1 amide bonds. The van der Waals surface area contributed by atoms with Crippen LogP contribution in [0.15, 0.2) is 29.2 Å². The van der Waals surface area contributed by atoms with Gasteiger partial charge in [-0.25, -0.2) is 8.42 Å². The number of sulfone groups is 1. The van der Waals surface area contributed by atoms with Gasteiger partial charge in [0.1, 0.15) is 0 Å². The van der Waals surface area contributed by atoms with E-state index >= 15 is 0 Å².